The number of nitrogens with zero attached hydrogens (tertiary/aromatic N) is 2. The minimum atomic E-state index is -0.610. The van der Waals surface area contributed by atoms with Crippen molar-refractivity contribution < 1.29 is 28.5 Å². The van der Waals surface area contributed by atoms with Crippen LogP contribution in [0.3, 0.4) is 0 Å². The smallest absolute Gasteiger partial charge is 0.242 e. The average molecular weight is 514 g/mol. The van der Waals surface area contributed by atoms with Crippen molar-refractivity contribution >= 4 is 40.1 Å². The van der Waals surface area contributed by atoms with Gasteiger partial charge in [-0.3, -0.25) is 14.5 Å². The number of hydrogen-bond acceptors (Lipinski definition) is 8. The van der Waals surface area contributed by atoms with E-state index in [4.69, 9.17) is 23.9 Å². The molecule has 0 aliphatic carbocycles. The van der Waals surface area contributed by atoms with Crippen LogP contribution in [-0.4, -0.2) is 67.2 Å². The fraction of sp³-hybridized carbons (Fsp3) is 0.423. The van der Waals surface area contributed by atoms with Gasteiger partial charge in [0.1, 0.15) is 28.2 Å². The van der Waals surface area contributed by atoms with Gasteiger partial charge in [0.15, 0.2) is 5.17 Å². The van der Waals surface area contributed by atoms with Gasteiger partial charge in [0.25, 0.3) is 0 Å². The number of benzene rings is 2. The van der Waals surface area contributed by atoms with E-state index in [0.29, 0.717) is 53.5 Å². The third kappa shape index (κ3) is 6.11. The molecule has 2 aromatic rings. The first-order chi connectivity index (χ1) is 17.5. The number of para-hydroxylation sites is 2. The van der Waals surface area contributed by atoms with Crippen molar-refractivity contribution in [2.45, 2.75) is 37.5 Å². The molecule has 0 aromatic heterocycles. The molecule has 2 fully saturated rings. The van der Waals surface area contributed by atoms with Crippen molar-refractivity contribution in [2.75, 3.05) is 39.3 Å². The molecule has 2 atom stereocenters. The van der Waals surface area contributed by atoms with Crippen molar-refractivity contribution in [1.82, 2.24) is 4.90 Å². The van der Waals surface area contributed by atoms with Crippen LogP contribution in [0.5, 0.6) is 17.2 Å². The van der Waals surface area contributed by atoms with Crippen molar-refractivity contribution in [2.24, 2.45) is 4.99 Å². The number of carbonyl (C=O) groups excluding carboxylic acids is 2. The third-order valence-corrected chi connectivity index (χ3v) is 7.04. The van der Waals surface area contributed by atoms with Crippen molar-refractivity contribution in [3.05, 3.63) is 42.5 Å². The third-order valence-electron chi connectivity index (χ3n) is 5.86. The highest BCUT2D eigenvalue weighted by Gasteiger charge is 2.41. The Labute approximate surface area is 215 Å². The number of carbonyl (C=O) groups is 2. The zero-order valence-corrected chi connectivity index (χ0v) is 21.5. The molecule has 2 aromatic carbocycles. The zero-order chi connectivity index (χ0) is 25.5. The highest BCUT2D eigenvalue weighted by Crippen LogP contribution is 2.36. The Kier molecular flexibility index (Phi) is 8.71. The molecule has 192 valence electrons. The molecule has 0 saturated carbocycles. The van der Waals surface area contributed by atoms with Crippen LogP contribution in [0.4, 0.5) is 11.4 Å². The standard InChI is InChI=1S/C26H31N3O6S/c1-4-34-22-10-6-5-9-19(22)28-26-29(16-18-8-7-13-35-18)25(31)23(36-26)15-24(30)27-20-14-17(32-2)11-12-21(20)33-3/h5-6,9-12,14,18,23H,4,7-8,13,15-16H2,1-3H3,(H,27,30)/t18-,23-/m0/s1. The van der Waals surface area contributed by atoms with Crippen molar-refractivity contribution in [3.8, 4) is 17.2 Å². The van der Waals surface area contributed by atoms with E-state index in [2.05, 4.69) is 5.32 Å². The van der Waals surface area contributed by atoms with Crippen molar-refractivity contribution in [3.63, 3.8) is 0 Å². The number of rotatable bonds is 10. The molecular weight excluding hydrogens is 482 g/mol. The summed E-state index contributed by atoms with van der Waals surface area (Å²) in [5.74, 6) is 1.27. The predicted octanol–water partition coefficient (Wildman–Crippen LogP) is 4.24. The summed E-state index contributed by atoms with van der Waals surface area (Å²) in [6.07, 6.45) is 1.79. The zero-order valence-electron chi connectivity index (χ0n) is 20.7. The fourth-order valence-corrected chi connectivity index (χ4v) is 5.26. The maximum atomic E-state index is 13.4. The van der Waals surface area contributed by atoms with Gasteiger partial charge in [0.2, 0.25) is 11.8 Å². The molecule has 10 heteroatoms. The minimum absolute atomic E-state index is 0.0159. The van der Waals surface area contributed by atoms with Gasteiger partial charge in [-0.05, 0) is 44.0 Å². The topological polar surface area (TPSA) is 98.7 Å². The van der Waals surface area contributed by atoms with E-state index >= 15 is 0 Å². The van der Waals surface area contributed by atoms with E-state index in [1.54, 1.807) is 30.2 Å². The van der Waals surface area contributed by atoms with Gasteiger partial charge in [0, 0.05) is 19.1 Å². The number of nitrogens with one attached hydrogen (secondary N) is 1. The molecule has 0 radical (unpaired) electrons. The van der Waals surface area contributed by atoms with E-state index in [1.807, 2.05) is 31.2 Å². The van der Waals surface area contributed by atoms with E-state index < -0.39 is 5.25 Å². The summed E-state index contributed by atoms with van der Waals surface area (Å²) in [5.41, 5.74) is 1.12. The molecule has 0 spiro atoms. The first-order valence-corrected chi connectivity index (χ1v) is 12.8. The lowest BCUT2D eigenvalue weighted by Gasteiger charge is -2.20. The number of aliphatic imine (C=N–C) groups is 1. The lowest BCUT2D eigenvalue weighted by molar-refractivity contribution is -0.129. The van der Waals surface area contributed by atoms with Gasteiger partial charge in [0.05, 0.1) is 39.2 Å². The first kappa shape index (κ1) is 25.8. The molecule has 2 heterocycles. The van der Waals surface area contributed by atoms with Gasteiger partial charge >= 0.3 is 0 Å². The second kappa shape index (κ2) is 12.1. The number of ether oxygens (including phenoxy) is 4. The van der Waals surface area contributed by atoms with Crippen LogP contribution in [0, 0.1) is 0 Å². The molecule has 1 N–H and O–H groups in total. The Morgan fingerprint density at radius 2 is 2.03 bits per heavy atom. The number of amides is 2. The van der Waals surface area contributed by atoms with Crippen LogP contribution in [0.25, 0.3) is 0 Å². The Morgan fingerprint density at radius 1 is 1.19 bits per heavy atom. The summed E-state index contributed by atoms with van der Waals surface area (Å²) < 4.78 is 22.1. The molecule has 2 amide bonds. The van der Waals surface area contributed by atoms with Gasteiger partial charge in [-0.25, -0.2) is 4.99 Å². The second-order valence-electron chi connectivity index (χ2n) is 8.30. The normalized spacial score (nSPS) is 20.6. The van der Waals surface area contributed by atoms with Crippen LogP contribution < -0.4 is 19.5 Å². The Hall–Kier alpha value is -3.24. The van der Waals surface area contributed by atoms with Crippen molar-refractivity contribution in [1.29, 1.82) is 0 Å². The molecule has 4 rings (SSSR count). The van der Waals surface area contributed by atoms with E-state index in [-0.39, 0.29) is 24.3 Å². The predicted molar refractivity (Wildman–Crippen MR) is 140 cm³/mol. The summed E-state index contributed by atoms with van der Waals surface area (Å²) in [7, 11) is 3.08. The second-order valence-corrected chi connectivity index (χ2v) is 9.47. The van der Waals surface area contributed by atoms with Crippen LogP contribution in [-0.2, 0) is 14.3 Å². The van der Waals surface area contributed by atoms with E-state index in [9.17, 15) is 9.59 Å². The maximum absolute atomic E-state index is 13.4. The summed E-state index contributed by atoms with van der Waals surface area (Å²) in [4.78, 5) is 32.8. The van der Waals surface area contributed by atoms with E-state index in [0.717, 1.165) is 12.8 Å². The Bertz CT molecular complexity index is 1120. The summed E-state index contributed by atoms with van der Waals surface area (Å²) in [6, 6.07) is 12.6. The molecule has 2 aliphatic heterocycles. The fourth-order valence-electron chi connectivity index (χ4n) is 4.10. The minimum Gasteiger partial charge on any atom is -0.497 e. The maximum Gasteiger partial charge on any atom is 0.242 e. The number of methoxy groups -OCH3 is 2. The first-order valence-electron chi connectivity index (χ1n) is 11.9. The van der Waals surface area contributed by atoms with Gasteiger partial charge in [-0.2, -0.15) is 0 Å². The van der Waals surface area contributed by atoms with Crippen LogP contribution >= 0.6 is 11.8 Å². The summed E-state index contributed by atoms with van der Waals surface area (Å²) in [6.45, 7) is 3.51. The number of amidine groups is 1. The molecular formula is C26H31N3O6S. The van der Waals surface area contributed by atoms with Gasteiger partial charge in [-0.15, -0.1) is 0 Å². The lowest BCUT2D eigenvalue weighted by Crippen LogP contribution is -2.38. The Morgan fingerprint density at radius 3 is 2.75 bits per heavy atom. The quantitative estimate of drug-likeness (QED) is 0.507. The molecule has 0 bridgehead atoms. The Balaban J connectivity index is 1.54. The number of thioether (sulfide) groups is 1. The molecule has 2 saturated heterocycles. The molecule has 9 nitrogen and oxygen atoms in total. The molecule has 2 aliphatic rings. The largest absolute Gasteiger partial charge is 0.497 e. The van der Waals surface area contributed by atoms with Crippen LogP contribution in [0.2, 0.25) is 0 Å². The van der Waals surface area contributed by atoms with Gasteiger partial charge < -0.3 is 24.3 Å². The number of hydrogen-bond donors (Lipinski definition) is 1. The van der Waals surface area contributed by atoms with Crippen LogP contribution in [0.1, 0.15) is 26.2 Å². The SMILES string of the molecule is CCOc1ccccc1N=C1S[C@@H](CC(=O)Nc2cc(OC)ccc2OC)C(=O)N1C[C@@H]1CCCO1. The monoisotopic (exact) mass is 513 g/mol. The van der Waals surface area contributed by atoms with Crippen LogP contribution in [0.15, 0.2) is 47.5 Å². The number of anilines is 1. The summed E-state index contributed by atoms with van der Waals surface area (Å²) >= 11 is 1.29. The van der Waals surface area contributed by atoms with Gasteiger partial charge in [-0.1, -0.05) is 23.9 Å². The summed E-state index contributed by atoms with van der Waals surface area (Å²) in [5, 5.41) is 2.78. The highest BCUT2D eigenvalue weighted by atomic mass is 32.2. The molecule has 0 unspecified atom stereocenters. The lowest BCUT2D eigenvalue weighted by atomic mass is 10.2. The highest BCUT2D eigenvalue weighted by molar-refractivity contribution is 8.15. The molecule has 36 heavy (non-hydrogen) atoms. The van der Waals surface area contributed by atoms with E-state index in [1.165, 1.54) is 18.9 Å². The average Bonchev–Trinajstić information content (AvgIpc) is 3.49.